The molecule has 4 nitrogen and oxygen atoms in total. The van der Waals surface area contributed by atoms with Crippen molar-refractivity contribution in [3.8, 4) is 0 Å². The Morgan fingerprint density at radius 2 is 2.41 bits per heavy atom. The first kappa shape index (κ1) is 12.4. The summed E-state index contributed by atoms with van der Waals surface area (Å²) < 4.78 is 11.4. The molecule has 0 N–H and O–H groups in total. The maximum Gasteiger partial charge on any atom is 0.292 e. The minimum absolute atomic E-state index is 0.160. The topological polar surface area (TPSA) is 38.8 Å². The van der Waals surface area contributed by atoms with Crippen LogP contribution in [0.1, 0.15) is 5.56 Å². The molecule has 2 rings (SSSR count). The normalized spacial score (nSPS) is 14.6. The summed E-state index contributed by atoms with van der Waals surface area (Å²) >= 11 is 5.00. The Morgan fingerprint density at radius 1 is 1.59 bits per heavy atom. The predicted molar refractivity (Wildman–Crippen MR) is 68.5 cm³/mol. The first-order valence-corrected chi connectivity index (χ1v) is 6.77. The summed E-state index contributed by atoms with van der Waals surface area (Å²) in [5.74, 6) is 0.111. The highest BCUT2D eigenvalue weighted by molar-refractivity contribution is 9.11. The minimum atomic E-state index is -0.160. The fraction of sp³-hybridized carbons (Fsp3) is 0.364. The van der Waals surface area contributed by atoms with Crippen molar-refractivity contribution in [2.75, 3.05) is 20.3 Å². The molecule has 17 heavy (non-hydrogen) atoms. The molecule has 0 saturated carbocycles. The zero-order chi connectivity index (χ0) is 12.3. The molecule has 1 aliphatic rings. The van der Waals surface area contributed by atoms with Crippen molar-refractivity contribution >= 4 is 33.2 Å². The Hall–Kier alpha value is -1.01. The number of likely N-dealkylation sites (N-methyl/N-ethyl adjacent to an activating group) is 1. The number of hydrogen-bond donors (Lipinski definition) is 0. The smallest absolute Gasteiger partial charge is 0.292 e. The van der Waals surface area contributed by atoms with E-state index < -0.39 is 0 Å². The van der Waals surface area contributed by atoms with Crippen LogP contribution in [0.15, 0.2) is 27.3 Å². The highest BCUT2D eigenvalue weighted by Crippen LogP contribution is 2.22. The summed E-state index contributed by atoms with van der Waals surface area (Å²) in [5, 5.41) is 2.01. The van der Waals surface area contributed by atoms with Gasteiger partial charge < -0.3 is 14.4 Å². The molecule has 6 heteroatoms. The second-order valence-electron chi connectivity index (χ2n) is 3.62. The second-order valence-corrected chi connectivity index (χ2v) is 5.91. The van der Waals surface area contributed by atoms with E-state index in [9.17, 15) is 4.79 Å². The maximum absolute atomic E-state index is 12.0. The molecular formula is C11H12BrNO3S. The van der Waals surface area contributed by atoms with E-state index >= 15 is 0 Å². The van der Waals surface area contributed by atoms with Crippen LogP contribution < -0.4 is 0 Å². The fourth-order valence-electron chi connectivity index (χ4n) is 1.44. The number of halogens is 1. The van der Waals surface area contributed by atoms with Gasteiger partial charge in [0.15, 0.2) is 0 Å². The van der Waals surface area contributed by atoms with E-state index in [1.54, 1.807) is 23.3 Å². The van der Waals surface area contributed by atoms with Gasteiger partial charge in [0.2, 0.25) is 5.76 Å². The largest absolute Gasteiger partial charge is 0.494 e. The number of amides is 1. The van der Waals surface area contributed by atoms with Crippen molar-refractivity contribution in [3.63, 3.8) is 0 Å². The van der Waals surface area contributed by atoms with Gasteiger partial charge in [-0.2, -0.15) is 0 Å². The Morgan fingerprint density at radius 3 is 3.00 bits per heavy atom. The van der Waals surface area contributed by atoms with Crippen LogP contribution in [-0.4, -0.2) is 31.1 Å². The van der Waals surface area contributed by atoms with Gasteiger partial charge in [0.05, 0.1) is 3.79 Å². The number of carbonyl (C=O) groups excluding carboxylic acids is 1. The molecule has 1 aromatic heterocycles. The predicted octanol–water partition coefficient (Wildman–Crippen LogP) is 2.36. The summed E-state index contributed by atoms with van der Waals surface area (Å²) in [6.07, 6.45) is 1.38. The van der Waals surface area contributed by atoms with Crippen LogP contribution in [0.4, 0.5) is 0 Å². The standard InChI is InChI=1S/C11H12BrNO3S/c1-13(5-8-4-10(12)17-7-8)11(14)9-6-15-2-3-16-9/h4,6-7H,2-3,5H2,1H3. The fourth-order valence-corrected chi connectivity index (χ4v) is 2.64. The van der Waals surface area contributed by atoms with Crippen molar-refractivity contribution < 1.29 is 14.3 Å². The number of thiophene rings is 1. The molecule has 92 valence electrons. The SMILES string of the molecule is CN(Cc1csc(Br)c1)C(=O)C1=COCCO1. The van der Waals surface area contributed by atoms with Crippen LogP contribution in [-0.2, 0) is 20.8 Å². The summed E-state index contributed by atoms with van der Waals surface area (Å²) in [6.45, 7) is 1.48. The van der Waals surface area contributed by atoms with E-state index in [1.165, 1.54) is 6.26 Å². The van der Waals surface area contributed by atoms with Crippen molar-refractivity contribution in [1.82, 2.24) is 4.90 Å². The first-order chi connectivity index (χ1) is 8.16. The van der Waals surface area contributed by atoms with Crippen LogP contribution in [0.5, 0.6) is 0 Å². The number of hydrogen-bond acceptors (Lipinski definition) is 4. The minimum Gasteiger partial charge on any atom is -0.494 e. The molecule has 0 spiro atoms. The Labute approximate surface area is 112 Å². The molecule has 0 aromatic carbocycles. The second kappa shape index (κ2) is 5.55. The van der Waals surface area contributed by atoms with Crippen LogP contribution in [0.2, 0.25) is 0 Å². The van der Waals surface area contributed by atoms with E-state index in [4.69, 9.17) is 9.47 Å². The number of nitrogens with zero attached hydrogens (tertiary/aromatic N) is 1. The van der Waals surface area contributed by atoms with Gasteiger partial charge >= 0.3 is 0 Å². The lowest BCUT2D eigenvalue weighted by Gasteiger charge is -2.20. The third-order valence-corrected chi connectivity index (χ3v) is 3.80. The van der Waals surface area contributed by atoms with Gasteiger partial charge in [-0.05, 0) is 32.9 Å². The molecule has 0 saturated heterocycles. The molecule has 1 amide bonds. The zero-order valence-corrected chi connectivity index (χ0v) is 11.7. The lowest BCUT2D eigenvalue weighted by Crippen LogP contribution is -2.30. The van der Waals surface area contributed by atoms with E-state index in [0.29, 0.717) is 19.8 Å². The number of ether oxygens (including phenoxy) is 2. The molecule has 0 bridgehead atoms. The van der Waals surface area contributed by atoms with Gasteiger partial charge in [-0.1, -0.05) is 0 Å². The van der Waals surface area contributed by atoms with Gasteiger partial charge in [-0.15, -0.1) is 11.3 Å². The zero-order valence-electron chi connectivity index (χ0n) is 9.31. The van der Waals surface area contributed by atoms with E-state index in [-0.39, 0.29) is 11.7 Å². The van der Waals surface area contributed by atoms with Crippen molar-refractivity contribution in [2.24, 2.45) is 0 Å². The van der Waals surface area contributed by atoms with Gasteiger partial charge in [0, 0.05) is 13.6 Å². The lowest BCUT2D eigenvalue weighted by molar-refractivity contribution is -0.131. The molecule has 0 atom stereocenters. The van der Waals surface area contributed by atoms with Crippen molar-refractivity contribution in [3.05, 3.63) is 32.8 Å². The third-order valence-electron chi connectivity index (χ3n) is 2.25. The molecule has 0 radical (unpaired) electrons. The summed E-state index contributed by atoms with van der Waals surface area (Å²) in [5.41, 5.74) is 1.09. The van der Waals surface area contributed by atoms with Crippen LogP contribution in [0.3, 0.4) is 0 Å². The van der Waals surface area contributed by atoms with Crippen LogP contribution in [0.25, 0.3) is 0 Å². The monoisotopic (exact) mass is 317 g/mol. The Bertz CT molecular complexity index is 444. The van der Waals surface area contributed by atoms with E-state index in [2.05, 4.69) is 15.9 Å². The molecule has 2 heterocycles. The third kappa shape index (κ3) is 3.23. The van der Waals surface area contributed by atoms with Gasteiger partial charge in [0.25, 0.3) is 5.91 Å². The molecular weight excluding hydrogens is 306 g/mol. The van der Waals surface area contributed by atoms with E-state index in [1.807, 2.05) is 11.4 Å². The van der Waals surface area contributed by atoms with E-state index in [0.717, 1.165) is 9.35 Å². The average molecular weight is 318 g/mol. The molecule has 1 aliphatic heterocycles. The molecule has 0 fully saturated rings. The Kier molecular flexibility index (Phi) is 4.06. The number of rotatable bonds is 3. The van der Waals surface area contributed by atoms with Gasteiger partial charge in [-0.25, -0.2) is 0 Å². The molecule has 1 aromatic rings. The molecule has 0 unspecified atom stereocenters. The van der Waals surface area contributed by atoms with Crippen LogP contribution >= 0.6 is 27.3 Å². The first-order valence-electron chi connectivity index (χ1n) is 5.10. The summed E-state index contributed by atoms with van der Waals surface area (Å²) in [6, 6.07) is 2.00. The summed E-state index contributed by atoms with van der Waals surface area (Å²) in [4.78, 5) is 13.6. The molecule has 0 aliphatic carbocycles. The maximum atomic E-state index is 12.0. The van der Waals surface area contributed by atoms with Gasteiger partial charge in [-0.3, -0.25) is 4.79 Å². The Balaban J connectivity index is 1.97. The highest BCUT2D eigenvalue weighted by Gasteiger charge is 2.19. The van der Waals surface area contributed by atoms with Crippen molar-refractivity contribution in [2.45, 2.75) is 6.54 Å². The quantitative estimate of drug-likeness (QED) is 0.859. The highest BCUT2D eigenvalue weighted by atomic mass is 79.9. The lowest BCUT2D eigenvalue weighted by atomic mass is 10.3. The van der Waals surface area contributed by atoms with Crippen molar-refractivity contribution in [1.29, 1.82) is 0 Å². The van der Waals surface area contributed by atoms with Crippen LogP contribution in [0, 0.1) is 0 Å². The average Bonchev–Trinajstić information content (AvgIpc) is 2.75. The summed E-state index contributed by atoms with van der Waals surface area (Å²) in [7, 11) is 1.74. The van der Waals surface area contributed by atoms with Gasteiger partial charge in [0.1, 0.15) is 19.5 Å². The number of carbonyl (C=O) groups is 1.